The Labute approximate surface area is 124 Å². The number of esters is 1. The molecule has 0 saturated carbocycles. The molecule has 3 heterocycles. The minimum atomic E-state index is -0.246. The summed E-state index contributed by atoms with van der Waals surface area (Å²) in [7, 11) is 0. The van der Waals surface area contributed by atoms with Gasteiger partial charge in [-0.2, -0.15) is 0 Å². The lowest BCUT2D eigenvalue weighted by Crippen LogP contribution is -2.36. The molecule has 0 aromatic carbocycles. The first-order valence-electron chi connectivity index (χ1n) is 7.36. The van der Waals surface area contributed by atoms with Crippen molar-refractivity contribution in [2.45, 2.75) is 13.5 Å². The molecule has 1 aliphatic heterocycles. The Bertz CT molecular complexity index is 629. The Kier molecular flexibility index (Phi) is 4.22. The number of pyridine rings is 1. The van der Waals surface area contributed by atoms with E-state index >= 15 is 0 Å². The molecule has 0 unspecified atom stereocenters. The molecule has 112 valence electrons. The molecule has 0 bridgehead atoms. The monoisotopic (exact) mass is 288 g/mol. The quantitative estimate of drug-likeness (QED) is 0.807. The molecule has 2 aromatic rings. The van der Waals surface area contributed by atoms with Gasteiger partial charge in [-0.1, -0.05) is 6.07 Å². The fraction of sp³-hybridized carbons (Fsp3) is 0.438. The highest BCUT2D eigenvalue weighted by atomic mass is 16.5. The first-order valence-corrected chi connectivity index (χ1v) is 7.36. The molecule has 0 radical (unpaired) electrons. The molecule has 0 amide bonds. The van der Waals surface area contributed by atoms with Crippen molar-refractivity contribution in [2.24, 2.45) is 0 Å². The van der Waals surface area contributed by atoms with Gasteiger partial charge in [0, 0.05) is 31.3 Å². The van der Waals surface area contributed by atoms with Crippen molar-refractivity contribution in [2.75, 3.05) is 32.9 Å². The third kappa shape index (κ3) is 2.94. The number of morpholine rings is 1. The zero-order valence-electron chi connectivity index (χ0n) is 12.2. The summed E-state index contributed by atoms with van der Waals surface area (Å²) in [4.78, 5) is 14.5. The number of rotatable bonds is 4. The van der Waals surface area contributed by atoms with Crippen LogP contribution in [0.3, 0.4) is 0 Å². The zero-order chi connectivity index (χ0) is 14.7. The maximum atomic E-state index is 12.2. The number of hydrogen-bond donors (Lipinski definition) is 0. The van der Waals surface area contributed by atoms with Crippen LogP contribution in [0.5, 0.6) is 0 Å². The molecule has 3 rings (SSSR count). The average molecular weight is 288 g/mol. The van der Waals surface area contributed by atoms with Gasteiger partial charge in [0.05, 0.1) is 31.1 Å². The molecule has 1 aliphatic rings. The van der Waals surface area contributed by atoms with Gasteiger partial charge in [0.15, 0.2) is 0 Å². The molecular weight excluding hydrogens is 268 g/mol. The number of nitrogens with zero attached hydrogens (tertiary/aromatic N) is 2. The van der Waals surface area contributed by atoms with E-state index in [1.165, 1.54) is 0 Å². The van der Waals surface area contributed by atoms with Gasteiger partial charge in [0.25, 0.3) is 0 Å². The molecule has 0 spiro atoms. The molecule has 1 saturated heterocycles. The molecule has 21 heavy (non-hydrogen) atoms. The number of fused-ring (bicyclic) bond motifs is 1. The summed E-state index contributed by atoms with van der Waals surface area (Å²) >= 11 is 0. The zero-order valence-corrected chi connectivity index (χ0v) is 12.2. The number of hydrogen-bond acceptors (Lipinski definition) is 4. The van der Waals surface area contributed by atoms with E-state index in [0.29, 0.717) is 12.2 Å². The van der Waals surface area contributed by atoms with Crippen molar-refractivity contribution in [3.05, 3.63) is 41.7 Å². The summed E-state index contributed by atoms with van der Waals surface area (Å²) in [5, 5.41) is 0. The second kappa shape index (κ2) is 6.28. The Morgan fingerprint density at radius 2 is 2.14 bits per heavy atom. The van der Waals surface area contributed by atoms with Gasteiger partial charge in [-0.3, -0.25) is 4.90 Å². The lowest BCUT2D eigenvalue weighted by atomic mass is 10.2. The van der Waals surface area contributed by atoms with Crippen molar-refractivity contribution >= 4 is 11.5 Å². The maximum absolute atomic E-state index is 12.2. The van der Waals surface area contributed by atoms with E-state index in [1.54, 1.807) is 0 Å². The average Bonchev–Trinajstić information content (AvgIpc) is 2.88. The highest BCUT2D eigenvalue weighted by Gasteiger charge is 2.20. The number of carbonyl (C=O) groups excluding carboxylic acids is 1. The minimum Gasteiger partial charge on any atom is -0.462 e. The van der Waals surface area contributed by atoms with Crippen LogP contribution in [0.1, 0.15) is 23.0 Å². The number of carbonyl (C=O) groups is 1. The smallest absolute Gasteiger partial charge is 0.340 e. The van der Waals surface area contributed by atoms with Gasteiger partial charge in [-0.25, -0.2) is 4.79 Å². The Morgan fingerprint density at radius 3 is 2.90 bits per heavy atom. The fourth-order valence-electron chi connectivity index (χ4n) is 2.70. The fourth-order valence-corrected chi connectivity index (χ4v) is 2.70. The summed E-state index contributed by atoms with van der Waals surface area (Å²) in [6, 6.07) is 7.87. The summed E-state index contributed by atoms with van der Waals surface area (Å²) in [6.07, 6.45) is 1.99. The first kappa shape index (κ1) is 14.1. The molecule has 0 atom stereocenters. The van der Waals surface area contributed by atoms with Crippen molar-refractivity contribution < 1.29 is 14.3 Å². The second-order valence-corrected chi connectivity index (χ2v) is 5.11. The van der Waals surface area contributed by atoms with E-state index in [9.17, 15) is 4.79 Å². The third-order valence-corrected chi connectivity index (χ3v) is 3.76. The van der Waals surface area contributed by atoms with E-state index in [1.807, 2.05) is 37.4 Å². The van der Waals surface area contributed by atoms with E-state index in [4.69, 9.17) is 9.47 Å². The number of aromatic nitrogens is 1. The Balaban J connectivity index is 1.96. The number of ether oxygens (including phenoxy) is 2. The SMILES string of the molecule is CCOC(=O)c1cc2ccccn2c1CN1CCOCC1. The molecule has 5 nitrogen and oxygen atoms in total. The Morgan fingerprint density at radius 1 is 1.33 bits per heavy atom. The van der Waals surface area contributed by atoms with Crippen molar-refractivity contribution in [3.63, 3.8) is 0 Å². The van der Waals surface area contributed by atoms with Gasteiger partial charge < -0.3 is 13.9 Å². The van der Waals surface area contributed by atoms with Crippen molar-refractivity contribution in [3.8, 4) is 0 Å². The lowest BCUT2D eigenvalue weighted by Gasteiger charge is -2.26. The van der Waals surface area contributed by atoms with Crippen LogP contribution in [0.4, 0.5) is 0 Å². The highest BCUT2D eigenvalue weighted by Crippen LogP contribution is 2.20. The molecule has 5 heteroatoms. The summed E-state index contributed by atoms with van der Waals surface area (Å²) < 4.78 is 12.6. The first-order chi connectivity index (χ1) is 10.3. The van der Waals surface area contributed by atoms with Gasteiger partial charge in [-0.05, 0) is 25.1 Å². The van der Waals surface area contributed by atoms with Crippen LogP contribution < -0.4 is 0 Å². The van der Waals surface area contributed by atoms with Crippen molar-refractivity contribution in [1.29, 1.82) is 0 Å². The van der Waals surface area contributed by atoms with E-state index < -0.39 is 0 Å². The second-order valence-electron chi connectivity index (χ2n) is 5.11. The van der Waals surface area contributed by atoms with Gasteiger partial charge >= 0.3 is 5.97 Å². The lowest BCUT2D eigenvalue weighted by molar-refractivity contribution is 0.0330. The maximum Gasteiger partial charge on any atom is 0.340 e. The van der Waals surface area contributed by atoms with Crippen LogP contribution in [0, 0.1) is 0 Å². The molecule has 0 N–H and O–H groups in total. The summed E-state index contributed by atoms with van der Waals surface area (Å²) in [5.41, 5.74) is 2.67. The van der Waals surface area contributed by atoms with Crippen LogP contribution in [0.15, 0.2) is 30.5 Å². The normalized spacial score (nSPS) is 16.2. The standard InChI is InChI=1S/C16H20N2O3/c1-2-21-16(19)14-11-13-5-3-4-6-18(13)15(14)12-17-7-9-20-10-8-17/h3-6,11H,2,7-10,12H2,1H3. The molecule has 0 aliphatic carbocycles. The van der Waals surface area contributed by atoms with E-state index in [0.717, 1.165) is 44.1 Å². The van der Waals surface area contributed by atoms with Gasteiger partial charge in [0.1, 0.15) is 0 Å². The largest absolute Gasteiger partial charge is 0.462 e. The topological polar surface area (TPSA) is 43.2 Å². The van der Waals surface area contributed by atoms with Crippen LogP contribution in [-0.4, -0.2) is 48.2 Å². The third-order valence-electron chi connectivity index (χ3n) is 3.76. The predicted octanol–water partition coefficient (Wildman–Crippen LogP) is 1.95. The molecular formula is C16H20N2O3. The summed E-state index contributed by atoms with van der Waals surface area (Å²) in [6.45, 7) is 6.23. The van der Waals surface area contributed by atoms with Crippen LogP contribution in [0.25, 0.3) is 5.52 Å². The highest BCUT2D eigenvalue weighted by molar-refractivity contribution is 5.93. The Hall–Kier alpha value is -1.85. The van der Waals surface area contributed by atoms with Crippen LogP contribution in [-0.2, 0) is 16.0 Å². The molecule has 2 aromatic heterocycles. The minimum absolute atomic E-state index is 0.246. The van der Waals surface area contributed by atoms with Crippen LogP contribution in [0.2, 0.25) is 0 Å². The van der Waals surface area contributed by atoms with Gasteiger partial charge in [0.2, 0.25) is 0 Å². The van der Waals surface area contributed by atoms with Gasteiger partial charge in [-0.15, -0.1) is 0 Å². The van der Waals surface area contributed by atoms with Crippen LogP contribution >= 0.6 is 0 Å². The van der Waals surface area contributed by atoms with Crippen molar-refractivity contribution in [1.82, 2.24) is 9.30 Å². The predicted molar refractivity (Wildman–Crippen MR) is 79.4 cm³/mol. The summed E-state index contributed by atoms with van der Waals surface area (Å²) in [5.74, 6) is -0.246. The van der Waals surface area contributed by atoms with E-state index in [2.05, 4.69) is 9.30 Å². The molecule has 1 fully saturated rings. The van der Waals surface area contributed by atoms with E-state index in [-0.39, 0.29) is 5.97 Å².